The number of likely N-dealkylation sites (tertiary alicyclic amines) is 1. The molecule has 0 aromatic carbocycles. The number of amides is 1. The molecule has 25 heavy (non-hydrogen) atoms. The molecule has 7 nitrogen and oxygen atoms in total. The van der Waals surface area contributed by atoms with Crippen molar-refractivity contribution in [3.05, 3.63) is 34.0 Å². The highest BCUT2D eigenvalue weighted by atomic mass is 16.6. The summed E-state index contributed by atoms with van der Waals surface area (Å²) in [6.07, 6.45) is 6.66. The number of aromatic amines is 1. The summed E-state index contributed by atoms with van der Waals surface area (Å²) in [6, 6.07) is 0. The van der Waals surface area contributed by atoms with Gasteiger partial charge in [0, 0.05) is 31.9 Å². The molecule has 1 N–H and O–H groups in total. The van der Waals surface area contributed by atoms with E-state index in [4.69, 9.17) is 4.74 Å². The van der Waals surface area contributed by atoms with E-state index >= 15 is 0 Å². The van der Waals surface area contributed by atoms with E-state index in [2.05, 4.69) is 9.97 Å². The first kappa shape index (κ1) is 17.3. The van der Waals surface area contributed by atoms with Gasteiger partial charge in [0.15, 0.2) is 0 Å². The Hall–Kier alpha value is -2.57. The summed E-state index contributed by atoms with van der Waals surface area (Å²) in [5, 5.41) is 0.604. The van der Waals surface area contributed by atoms with Crippen LogP contribution in [0.15, 0.2) is 22.9 Å². The van der Waals surface area contributed by atoms with Crippen LogP contribution in [0.1, 0.15) is 39.2 Å². The van der Waals surface area contributed by atoms with Gasteiger partial charge in [0.25, 0.3) is 5.56 Å². The SMILES string of the molecule is Cn1cc(C=C2CCN(C(=O)OC(C)(C)C)CC2)c2c(=O)[nH]cnc21. The summed E-state index contributed by atoms with van der Waals surface area (Å²) in [5.74, 6) is 0. The van der Waals surface area contributed by atoms with Gasteiger partial charge < -0.3 is 19.2 Å². The predicted octanol–water partition coefficient (Wildman–Crippen LogP) is 2.68. The zero-order chi connectivity index (χ0) is 18.2. The van der Waals surface area contributed by atoms with Crippen molar-refractivity contribution in [2.75, 3.05) is 13.1 Å². The monoisotopic (exact) mass is 344 g/mol. The van der Waals surface area contributed by atoms with Crippen LogP contribution < -0.4 is 5.56 Å². The van der Waals surface area contributed by atoms with Crippen molar-refractivity contribution in [1.29, 1.82) is 0 Å². The molecule has 2 aromatic heterocycles. The van der Waals surface area contributed by atoms with E-state index in [1.54, 1.807) is 4.90 Å². The fraction of sp³-hybridized carbons (Fsp3) is 0.500. The molecule has 1 aliphatic heterocycles. The maximum Gasteiger partial charge on any atom is 0.410 e. The Bertz CT molecular complexity index is 876. The molecule has 3 heterocycles. The van der Waals surface area contributed by atoms with Gasteiger partial charge in [-0.3, -0.25) is 4.79 Å². The second-order valence-electron chi connectivity index (χ2n) is 7.40. The van der Waals surface area contributed by atoms with E-state index in [9.17, 15) is 9.59 Å². The number of rotatable bonds is 1. The number of hydrogen-bond acceptors (Lipinski definition) is 4. The maximum atomic E-state index is 12.1. The number of ether oxygens (including phenoxy) is 1. The number of hydrogen-bond donors (Lipinski definition) is 1. The predicted molar refractivity (Wildman–Crippen MR) is 96.4 cm³/mol. The van der Waals surface area contributed by atoms with Crippen molar-refractivity contribution in [2.24, 2.45) is 7.05 Å². The molecular formula is C18H24N4O3. The lowest BCUT2D eigenvalue weighted by molar-refractivity contribution is 0.0237. The van der Waals surface area contributed by atoms with Crippen LogP contribution in [-0.2, 0) is 11.8 Å². The lowest BCUT2D eigenvalue weighted by Crippen LogP contribution is -2.40. The third-order valence-corrected chi connectivity index (χ3v) is 4.21. The van der Waals surface area contributed by atoms with Gasteiger partial charge >= 0.3 is 6.09 Å². The first-order chi connectivity index (χ1) is 11.7. The normalized spacial score (nSPS) is 15.5. The smallest absolute Gasteiger partial charge is 0.410 e. The van der Waals surface area contributed by atoms with Crippen LogP contribution in [0.2, 0.25) is 0 Å². The zero-order valence-corrected chi connectivity index (χ0v) is 15.1. The van der Waals surface area contributed by atoms with Gasteiger partial charge in [-0.25, -0.2) is 9.78 Å². The van der Waals surface area contributed by atoms with E-state index in [0.717, 1.165) is 18.4 Å². The number of aryl methyl sites for hydroxylation is 1. The summed E-state index contributed by atoms with van der Waals surface area (Å²) in [7, 11) is 1.88. The summed E-state index contributed by atoms with van der Waals surface area (Å²) in [4.78, 5) is 32.8. The Balaban J connectivity index is 1.76. The number of H-pyrrole nitrogens is 1. The van der Waals surface area contributed by atoms with Crippen molar-refractivity contribution in [3.8, 4) is 0 Å². The first-order valence-corrected chi connectivity index (χ1v) is 8.45. The highest BCUT2D eigenvalue weighted by molar-refractivity contribution is 5.86. The van der Waals surface area contributed by atoms with Crippen molar-refractivity contribution in [1.82, 2.24) is 19.4 Å². The molecule has 0 unspecified atom stereocenters. The molecule has 0 saturated carbocycles. The molecule has 2 aromatic rings. The van der Waals surface area contributed by atoms with Gasteiger partial charge in [-0.1, -0.05) is 11.6 Å². The van der Waals surface area contributed by atoms with Gasteiger partial charge in [0.2, 0.25) is 0 Å². The second kappa shape index (κ2) is 6.38. The molecule has 0 spiro atoms. The first-order valence-electron chi connectivity index (χ1n) is 8.45. The van der Waals surface area contributed by atoms with Crippen LogP contribution in [0.25, 0.3) is 17.1 Å². The zero-order valence-electron chi connectivity index (χ0n) is 15.1. The lowest BCUT2D eigenvalue weighted by Gasteiger charge is -2.31. The van der Waals surface area contributed by atoms with Gasteiger partial charge in [0.05, 0.1) is 11.7 Å². The Morgan fingerprint density at radius 2 is 2.00 bits per heavy atom. The fourth-order valence-electron chi connectivity index (χ4n) is 3.03. The third-order valence-electron chi connectivity index (χ3n) is 4.21. The molecular weight excluding hydrogens is 320 g/mol. The van der Waals surface area contributed by atoms with Crippen molar-refractivity contribution in [2.45, 2.75) is 39.2 Å². The second-order valence-corrected chi connectivity index (χ2v) is 7.40. The number of aromatic nitrogens is 3. The maximum absolute atomic E-state index is 12.1. The largest absolute Gasteiger partial charge is 0.444 e. The van der Waals surface area contributed by atoms with Gasteiger partial charge in [0.1, 0.15) is 11.2 Å². The standard InChI is InChI=1S/C18H24N4O3/c1-18(2,3)25-17(24)22-7-5-12(6-8-22)9-13-10-21(4)15-14(13)16(23)20-11-19-15/h9-11H,5-8H2,1-4H3,(H,19,20,23). The summed E-state index contributed by atoms with van der Waals surface area (Å²) in [6.45, 7) is 6.85. The molecule has 0 aliphatic carbocycles. The molecule has 1 fully saturated rings. The quantitative estimate of drug-likeness (QED) is 0.862. The van der Waals surface area contributed by atoms with Crippen LogP contribution in [0.4, 0.5) is 4.79 Å². The number of nitrogens with one attached hydrogen (secondary N) is 1. The van der Waals surface area contributed by atoms with Crippen LogP contribution in [0.5, 0.6) is 0 Å². The van der Waals surface area contributed by atoms with Crippen molar-refractivity contribution in [3.63, 3.8) is 0 Å². The minimum Gasteiger partial charge on any atom is -0.444 e. The summed E-state index contributed by atoms with van der Waals surface area (Å²) < 4.78 is 7.27. The molecule has 1 amide bonds. The molecule has 3 rings (SSSR count). The molecule has 0 atom stereocenters. The molecule has 0 bridgehead atoms. The van der Waals surface area contributed by atoms with Crippen LogP contribution in [-0.4, -0.2) is 44.2 Å². The van der Waals surface area contributed by atoms with Gasteiger partial charge in [-0.05, 0) is 33.6 Å². The van der Waals surface area contributed by atoms with E-state index in [1.165, 1.54) is 11.9 Å². The van der Waals surface area contributed by atoms with E-state index in [1.807, 2.05) is 44.7 Å². The fourth-order valence-corrected chi connectivity index (χ4v) is 3.03. The van der Waals surface area contributed by atoms with Crippen molar-refractivity contribution >= 4 is 23.2 Å². The molecule has 0 radical (unpaired) electrons. The Morgan fingerprint density at radius 1 is 1.32 bits per heavy atom. The van der Waals surface area contributed by atoms with Gasteiger partial charge in [-0.2, -0.15) is 0 Å². The van der Waals surface area contributed by atoms with E-state index in [0.29, 0.717) is 24.1 Å². The van der Waals surface area contributed by atoms with Crippen LogP contribution in [0.3, 0.4) is 0 Å². The Morgan fingerprint density at radius 3 is 2.64 bits per heavy atom. The molecule has 1 aliphatic rings. The highest BCUT2D eigenvalue weighted by Gasteiger charge is 2.24. The van der Waals surface area contributed by atoms with Crippen molar-refractivity contribution < 1.29 is 9.53 Å². The van der Waals surface area contributed by atoms with Gasteiger partial charge in [-0.15, -0.1) is 0 Å². The average Bonchev–Trinajstić information content (AvgIpc) is 2.84. The Kier molecular flexibility index (Phi) is 4.41. The number of piperidine rings is 1. The third kappa shape index (κ3) is 3.75. The Labute approximate surface area is 146 Å². The number of carbonyl (C=O) groups is 1. The summed E-state index contributed by atoms with van der Waals surface area (Å²) in [5.41, 5.74) is 2.14. The number of fused-ring (bicyclic) bond motifs is 1. The molecule has 134 valence electrons. The number of nitrogens with zero attached hydrogens (tertiary/aromatic N) is 3. The molecule has 1 saturated heterocycles. The van der Waals surface area contributed by atoms with Crippen LogP contribution in [0, 0.1) is 0 Å². The minimum atomic E-state index is -0.482. The van der Waals surface area contributed by atoms with Crippen LogP contribution >= 0.6 is 0 Å². The van der Waals surface area contributed by atoms with E-state index in [-0.39, 0.29) is 11.7 Å². The average molecular weight is 344 g/mol. The number of carbonyl (C=O) groups excluding carboxylic acids is 1. The molecule has 7 heteroatoms. The topological polar surface area (TPSA) is 80.2 Å². The summed E-state index contributed by atoms with van der Waals surface area (Å²) >= 11 is 0. The highest BCUT2D eigenvalue weighted by Crippen LogP contribution is 2.24. The van der Waals surface area contributed by atoms with E-state index < -0.39 is 5.60 Å². The minimum absolute atomic E-state index is 0.136. The lowest BCUT2D eigenvalue weighted by atomic mass is 10.0.